The second-order valence-electron chi connectivity index (χ2n) is 4.03. The highest BCUT2D eigenvalue weighted by atomic mass is 32.1. The SMILES string of the molecule is NC(=S)N1CCC[C@H](c2ccccc2)C1. The molecule has 1 fully saturated rings. The van der Waals surface area contributed by atoms with Crippen molar-refractivity contribution >= 4 is 17.3 Å². The van der Waals surface area contributed by atoms with Crippen LogP contribution in [-0.2, 0) is 0 Å². The molecule has 0 amide bonds. The highest BCUT2D eigenvalue weighted by Gasteiger charge is 2.21. The lowest BCUT2D eigenvalue weighted by molar-refractivity contribution is 0.311. The van der Waals surface area contributed by atoms with Gasteiger partial charge < -0.3 is 10.6 Å². The van der Waals surface area contributed by atoms with Crippen LogP contribution >= 0.6 is 12.2 Å². The van der Waals surface area contributed by atoms with E-state index in [4.69, 9.17) is 18.0 Å². The summed E-state index contributed by atoms with van der Waals surface area (Å²) < 4.78 is 0. The standard InChI is InChI=1S/C12H16N2S/c13-12(15)14-8-4-7-11(9-14)10-5-2-1-3-6-10/h1-3,5-6,11H,4,7-9H2,(H2,13,15)/t11-/m0/s1. The smallest absolute Gasteiger partial charge is 0.166 e. The van der Waals surface area contributed by atoms with Crippen molar-refractivity contribution in [2.45, 2.75) is 18.8 Å². The summed E-state index contributed by atoms with van der Waals surface area (Å²) in [5, 5.41) is 0.538. The normalized spacial score (nSPS) is 21.3. The lowest BCUT2D eigenvalue weighted by atomic mass is 9.91. The van der Waals surface area contributed by atoms with Gasteiger partial charge in [-0.15, -0.1) is 0 Å². The van der Waals surface area contributed by atoms with Crippen LogP contribution in [0.3, 0.4) is 0 Å². The molecule has 0 aromatic heterocycles. The minimum absolute atomic E-state index is 0.538. The van der Waals surface area contributed by atoms with Gasteiger partial charge in [0.1, 0.15) is 0 Å². The Kier molecular flexibility index (Phi) is 3.21. The van der Waals surface area contributed by atoms with Crippen LogP contribution in [0.1, 0.15) is 24.3 Å². The molecule has 1 aromatic carbocycles. The summed E-state index contributed by atoms with van der Waals surface area (Å²) in [6, 6.07) is 10.6. The molecule has 2 rings (SSSR count). The number of hydrogen-bond donors (Lipinski definition) is 1. The molecule has 2 N–H and O–H groups in total. The van der Waals surface area contributed by atoms with Crippen LogP contribution in [0.4, 0.5) is 0 Å². The minimum atomic E-state index is 0.538. The van der Waals surface area contributed by atoms with E-state index in [9.17, 15) is 0 Å². The van der Waals surface area contributed by atoms with E-state index in [-0.39, 0.29) is 0 Å². The van der Waals surface area contributed by atoms with Crippen molar-refractivity contribution in [3.05, 3.63) is 35.9 Å². The first-order valence-electron chi connectivity index (χ1n) is 5.36. The molecule has 3 heteroatoms. The maximum atomic E-state index is 5.66. The molecule has 15 heavy (non-hydrogen) atoms. The Balaban J connectivity index is 2.08. The van der Waals surface area contributed by atoms with Crippen LogP contribution in [0, 0.1) is 0 Å². The Labute approximate surface area is 96.1 Å². The third kappa shape index (κ3) is 2.48. The van der Waals surface area contributed by atoms with Gasteiger partial charge in [-0.1, -0.05) is 30.3 Å². The summed E-state index contributed by atoms with van der Waals surface area (Å²) >= 11 is 5.02. The van der Waals surface area contributed by atoms with Crippen molar-refractivity contribution in [1.82, 2.24) is 4.90 Å². The molecule has 1 heterocycles. The Bertz CT molecular complexity index is 337. The van der Waals surface area contributed by atoms with Gasteiger partial charge in [0.05, 0.1) is 0 Å². The monoisotopic (exact) mass is 220 g/mol. The third-order valence-corrected chi connectivity index (χ3v) is 3.26. The fourth-order valence-corrected chi connectivity index (χ4v) is 2.34. The number of thiocarbonyl (C=S) groups is 1. The average molecular weight is 220 g/mol. The topological polar surface area (TPSA) is 29.3 Å². The summed E-state index contributed by atoms with van der Waals surface area (Å²) in [5.74, 6) is 0.585. The van der Waals surface area contributed by atoms with Crippen LogP contribution in [0.15, 0.2) is 30.3 Å². The summed E-state index contributed by atoms with van der Waals surface area (Å²) in [6.07, 6.45) is 2.42. The number of rotatable bonds is 1. The van der Waals surface area contributed by atoms with Crippen LogP contribution < -0.4 is 5.73 Å². The highest BCUT2D eigenvalue weighted by molar-refractivity contribution is 7.80. The lowest BCUT2D eigenvalue weighted by Gasteiger charge is -2.33. The zero-order chi connectivity index (χ0) is 10.7. The molecule has 0 spiro atoms. The Hall–Kier alpha value is -1.09. The van der Waals surface area contributed by atoms with E-state index in [2.05, 4.69) is 35.2 Å². The van der Waals surface area contributed by atoms with Gasteiger partial charge in [-0.05, 0) is 30.6 Å². The van der Waals surface area contributed by atoms with Gasteiger partial charge in [-0.3, -0.25) is 0 Å². The molecule has 1 atom stereocenters. The molecule has 0 radical (unpaired) electrons. The summed E-state index contributed by atoms with van der Waals surface area (Å²) in [7, 11) is 0. The van der Waals surface area contributed by atoms with E-state index >= 15 is 0 Å². The molecule has 0 bridgehead atoms. The Morgan fingerprint density at radius 2 is 2.07 bits per heavy atom. The van der Waals surface area contributed by atoms with E-state index in [1.165, 1.54) is 18.4 Å². The molecule has 1 aliphatic rings. The predicted molar refractivity (Wildman–Crippen MR) is 66.8 cm³/mol. The number of nitrogens with zero attached hydrogens (tertiary/aromatic N) is 1. The van der Waals surface area contributed by atoms with Gasteiger partial charge in [0.25, 0.3) is 0 Å². The van der Waals surface area contributed by atoms with Crippen molar-refractivity contribution in [2.24, 2.45) is 5.73 Å². The van der Waals surface area contributed by atoms with E-state index in [0.29, 0.717) is 11.0 Å². The quantitative estimate of drug-likeness (QED) is 0.735. The van der Waals surface area contributed by atoms with Crippen LogP contribution in [0.2, 0.25) is 0 Å². The number of likely N-dealkylation sites (tertiary alicyclic amines) is 1. The fraction of sp³-hybridized carbons (Fsp3) is 0.417. The Morgan fingerprint density at radius 3 is 2.73 bits per heavy atom. The van der Waals surface area contributed by atoms with E-state index in [1.54, 1.807) is 0 Å². The Morgan fingerprint density at radius 1 is 1.33 bits per heavy atom. The number of benzene rings is 1. The summed E-state index contributed by atoms with van der Waals surface area (Å²) in [4.78, 5) is 2.11. The van der Waals surface area contributed by atoms with Crippen LogP contribution in [0.25, 0.3) is 0 Å². The largest absolute Gasteiger partial charge is 0.376 e. The molecular formula is C12H16N2S. The molecular weight excluding hydrogens is 204 g/mol. The fourth-order valence-electron chi connectivity index (χ4n) is 2.17. The van der Waals surface area contributed by atoms with Gasteiger partial charge in [0.15, 0.2) is 5.11 Å². The number of piperidine rings is 1. The van der Waals surface area contributed by atoms with Crippen LogP contribution in [-0.4, -0.2) is 23.1 Å². The second kappa shape index (κ2) is 4.62. The number of nitrogens with two attached hydrogens (primary N) is 1. The first-order chi connectivity index (χ1) is 7.27. The van der Waals surface area contributed by atoms with Crippen molar-refractivity contribution in [2.75, 3.05) is 13.1 Å². The molecule has 80 valence electrons. The summed E-state index contributed by atoms with van der Waals surface area (Å²) in [6.45, 7) is 1.98. The zero-order valence-corrected chi connectivity index (χ0v) is 9.54. The lowest BCUT2D eigenvalue weighted by Crippen LogP contribution is -2.42. The van der Waals surface area contributed by atoms with Gasteiger partial charge in [-0.2, -0.15) is 0 Å². The van der Waals surface area contributed by atoms with E-state index < -0.39 is 0 Å². The summed E-state index contributed by atoms with van der Waals surface area (Å²) in [5.41, 5.74) is 7.07. The zero-order valence-electron chi connectivity index (χ0n) is 8.73. The van der Waals surface area contributed by atoms with E-state index in [1.807, 2.05) is 0 Å². The molecule has 0 unspecified atom stereocenters. The molecule has 0 aliphatic carbocycles. The van der Waals surface area contributed by atoms with Crippen molar-refractivity contribution < 1.29 is 0 Å². The third-order valence-electron chi connectivity index (χ3n) is 3.00. The van der Waals surface area contributed by atoms with Crippen molar-refractivity contribution in [1.29, 1.82) is 0 Å². The minimum Gasteiger partial charge on any atom is -0.376 e. The highest BCUT2D eigenvalue weighted by Crippen LogP contribution is 2.26. The van der Waals surface area contributed by atoms with Gasteiger partial charge in [-0.25, -0.2) is 0 Å². The van der Waals surface area contributed by atoms with Gasteiger partial charge in [0.2, 0.25) is 0 Å². The maximum Gasteiger partial charge on any atom is 0.166 e. The molecule has 1 aromatic rings. The first kappa shape index (κ1) is 10.4. The number of hydrogen-bond acceptors (Lipinski definition) is 1. The van der Waals surface area contributed by atoms with Crippen LogP contribution in [0.5, 0.6) is 0 Å². The predicted octanol–water partition coefficient (Wildman–Crippen LogP) is 2.11. The van der Waals surface area contributed by atoms with Gasteiger partial charge in [0, 0.05) is 19.0 Å². The van der Waals surface area contributed by atoms with E-state index in [0.717, 1.165) is 13.1 Å². The van der Waals surface area contributed by atoms with Crippen molar-refractivity contribution in [3.63, 3.8) is 0 Å². The molecule has 0 saturated carbocycles. The first-order valence-corrected chi connectivity index (χ1v) is 5.77. The molecule has 1 saturated heterocycles. The van der Waals surface area contributed by atoms with Crippen molar-refractivity contribution in [3.8, 4) is 0 Å². The van der Waals surface area contributed by atoms with Gasteiger partial charge >= 0.3 is 0 Å². The molecule has 2 nitrogen and oxygen atoms in total. The second-order valence-corrected chi connectivity index (χ2v) is 4.45. The maximum absolute atomic E-state index is 5.66. The molecule has 1 aliphatic heterocycles. The average Bonchev–Trinajstić information content (AvgIpc) is 2.30.